The van der Waals surface area contributed by atoms with Crippen LogP contribution in [0.2, 0.25) is 0 Å². The Morgan fingerprint density at radius 3 is 2.43 bits per heavy atom. The molecule has 0 aliphatic heterocycles. The van der Waals surface area contributed by atoms with Crippen LogP contribution in [0.1, 0.15) is 31.2 Å². The van der Waals surface area contributed by atoms with Gasteiger partial charge in [0.05, 0.1) is 0 Å². The first kappa shape index (κ1) is 19.9. The van der Waals surface area contributed by atoms with Gasteiger partial charge in [-0.2, -0.15) is 4.98 Å². The Labute approximate surface area is 166 Å². The second-order valence-corrected chi connectivity index (χ2v) is 7.72. The van der Waals surface area contributed by atoms with Gasteiger partial charge in [0, 0.05) is 38.6 Å². The van der Waals surface area contributed by atoms with Crippen molar-refractivity contribution in [2.45, 2.75) is 38.6 Å². The van der Waals surface area contributed by atoms with Crippen molar-refractivity contribution in [1.82, 2.24) is 9.97 Å². The van der Waals surface area contributed by atoms with E-state index in [4.69, 9.17) is 0 Å². The number of carbonyl (C=O) groups is 1. The lowest BCUT2D eigenvalue weighted by atomic mass is 9.85. The number of anilines is 3. The average molecular weight is 383 g/mol. The summed E-state index contributed by atoms with van der Waals surface area (Å²) in [4.78, 5) is 24.0. The van der Waals surface area contributed by atoms with Crippen LogP contribution in [0.4, 0.5) is 22.2 Å². The van der Waals surface area contributed by atoms with Gasteiger partial charge >= 0.3 is 6.09 Å². The Hall–Kier alpha value is -2.83. The molecule has 1 aromatic carbocycles. The molecule has 3 rings (SSSR count). The highest BCUT2D eigenvalue weighted by Gasteiger charge is 2.26. The number of carboxylic acid groups (broad SMARTS) is 1. The third-order valence-electron chi connectivity index (χ3n) is 5.30. The van der Waals surface area contributed by atoms with Gasteiger partial charge in [-0.25, -0.2) is 9.78 Å². The summed E-state index contributed by atoms with van der Waals surface area (Å²) >= 11 is 0. The lowest BCUT2D eigenvalue weighted by molar-refractivity contribution is 0.199. The minimum Gasteiger partial charge on any atom is -0.465 e. The predicted octanol–water partition coefficient (Wildman–Crippen LogP) is 4.01. The molecule has 0 saturated heterocycles. The van der Waals surface area contributed by atoms with E-state index in [1.165, 1.54) is 4.90 Å². The van der Waals surface area contributed by atoms with Gasteiger partial charge in [-0.1, -0.05) is 17.7 Å². The van der Waals surface area contributed by atoms with Crippen LogP contribution in [0.5, 0.6) is 0 Å². The maximum Gasteiger partial charge on any atom is 0.411 e. The smallest absolute Gasteiger partial charge is 0.411 e. The quantitative estimate of drug-likeness (QED) is 0.784. The standard InChI is InChI=1S/C21H29N5O2/c1-15-4-10-18(11-5-15)26(21(27)28)14-16-6-8-17(9-7-16)23-20-22-13-12-19(24-20)25(2)3/h4-5,10-13,16-17H,6-9,14H2,1-3H3,(H,27,28)(H,22,23,24). The molecule has 7 heteroatoms. The topological polar surface area (TPSA) is 81.6 Å². The first-order valence-electron chi connectivity index (χ1n) is 9.76. The summed E-state index contributed by atoms with van der Waals surface area (Å²) < 4.78 is 0. The highest BCUT2D eigenvalue weighted by molar-refractivity contribution is 5.86. The first-order valence-corrected chi connectivity index (χ1v) is 9.76. The van der Waals surface area contributed by atoms with Crippen molar-refractivity contribution in [3.05, 3.63) is 42.1 Å². The van der Waals surface area contributed by atoms with Crippen LogP contribution in [0.3, 0.4) is 0 Å². The van der Waals surface area contributed by atoms with Crippen molar-refractivity contribution < 1.29 is 9.90 Å². The van der Waals surface area contributed by atoms with Crippen molar-refractivity contribution in [1.29, 1.82) is 0 Å². The zero-order valence-electron chi connectivity index (χ0n) is 16.8. The van der Waals surface area contributed by atoms with Gasteiger partial charge in [-0.3, -0.25) is 4.90 Å². The molecular formula is C21H29N5O2. The van der Waals surface area contributed by atoms with Crippen LogP contribution < -0.4 is 15.1 Å². The van der Waals surface area contributed by atoms with Crippen LogP contribution in [0, 0.1) is 12.8 Å². The van der Waals surface area contributed by atoms with Crippen molar-refractivity contribution in [2.24, 2.45) is 5.92 Å². The number of nitrogens with one attached hydrogen (secondary N) is 1. The molecule has 1 fully saturated rings. The zero-order valence-corrected chi connectivity index (χ0v) is 16.8. The van der Waals surface area contributed by atoms with Crippen molar-refractivity contribution in [3.8, 4) is 0 Å². The summed E-state index contributed by atoms with van der Waals surface area (Å²) in [5, 5.41) is 13.1. The number of hydrogen-bond donors (Lipinski definition) is 2. The largest absolute Gasteiger partial charge is 0.465 e. The van der Waals surface area contributed by atoms with E-state index in [0.29, 0.717) is 24.5 Å². The fraction of sp³-hybridized carbons (Fsp3) is 0.476. The van der Waals surface area contributed by atoms with E-state index in [1.54, 1.807) is 6.20 Å². The fourth-order valence-electron chi connectivity index (χ4n) is 3.62. The molecule has 1 saturated carbocycles. The molecule has 0 bridgehead atoms. The third kappa shape index (κ3) is 5.12. The predicted molar refractivity (Wildman–Crippen MR) is 112 cm³/mol. The third-order valence-corrected chi connectivity index (χ3v) is 5.30. The molecule has 2 N–H and O–H groups in total. The molecule has 1 heterocycles. The summed E-state index contributed by atoms with van der Waals surface area (Å²) in [5.74, 6) is 1.90. The molecule has 0 spiro atoms. The van der Waals surface area contributed by atoms with Crippen LogP contribution in [0.15, 0.2) is 36.5 Å². The van der Waals surface area contributed by atoms with Crippen molar-refractivity contribution in [3.63, 3.8) is 0 Å². The van der Waals surface area contributed by atoms with Gasteiger partial charge in [-0.05, 0) is 56.7 Å². The van der Waals surface area contributed by atoms with Crippen molar-refractivity contribution in [2.75, 3.05) is 35.8 Å². The van der Waals surface area contributed by atoms with E-state index in [-0.39, 0.29) is 0 Å². The Kier molecular flexibility index (Phi) is 6.34. The Morgan fingerprint density at radius 1 is 1.14 bits per heavy atom. The molecular weight excluding hydrogens is 354 g/mol. The number of benzene rings is 1. The lowest BCUT2D eigenvalue weighted by Gasteiger charge is -2.32. The van der Waals surface area contributed by atoms with E-state index in [2.05, 4.69) is 15.3 Å². The normalized spacial score (nSPS) is 19.1. The van der Waals surface area contributed by atoms with Gasteiger partial charge in [0.1, 0.15) is 5.82 Å². The second kappa shape index (κ2) is 8.91. The lowest BCUT2D eigenvalue weighted by Crippen LogP contribution is -2.37. The summed E-state index contributed by atoms with van der Waals surface area (Å²) in [5.41, 5.74) is 1.87. The second-order valence-electron chi connectivity index (χ2n) is 7.72. The molecule has 2 aromatic rings. The summed E-state index contributed by atoms with van der Waals surface area (Å²) in [6.07, 6.45) is 4.82. The SMILES string of the molecule is Cc1ccc(N(CC2CCC(Nc3nccc(N(C)C)n3)CC2)C(=O)O)cc1. The van der Waals surface area contributed by atoms with Gasteiger partial charge in [0.25, 0.3) is 0 Å². The maximum atomic E-state index is 11.7. The molecule has 28 heavy (non-hydrogen) atoms. The number of rotatable bonds is 6. The molecule has 150 valence electrons. The van der Waals surface area contributed by atoms with Gasteiger partial charge in [0.2, 0.25) is 5.95 Å². The Morgan fingerprint density at radius 2 is 1.82 bits per heavy atom. The van der Waals surface area contributed by atoms with Crippen LogP contribution in [-0.4, -0.2) is 47.8 Å². The molecule has 1 aliphatic carbocycles. The Bertz CT molecular complexity index is 786. The van der Waals surface area contributed by atoms with Crippen LogP contribution in [0.25, 0.3) is 0 Å². The van der Waals surface area contributed by atoms with Gasteiger partial charge in [-0.15, -0.1) is 0 Å². The van der Waals surface area contributed by atoms with E-state index >= 15 is 0 Å². The van der Waals surface area contributed by atoms with E-state index in [9.17, 15) is 9.90 Å². The van der Waals surface area contributed by atoms with E-state index in [0.717, 1.165) is 42.8 Å². The van der Waals surface area contributed by atoms with E-state index in [1.807, 2.05) is 56.3 Å². The van der Waals surface area contributed by atoms with E-state index < -0.39 is 6.09 Å². The molecule has 0 radical (unpaired) electrons. The molecule has 0 atom stereocenters. The molecule has 1 aliphatic rings. The van der Waals surface area contributed by atoms with Crippen LogP contribution >= 0.6 is 0 Å². The average Bonchev–Trinajstić information content (AvgIpc) is 2.68. The summed E-state index contributed by atoms with van der Waals surface area (Å²) in [7, 11) is 3.92. The molecule has 7 nitrogen and oxygen atoms in total. The molecule has 0 unspecified atom stereocenters. The Balaban J connectivity index is 1.55. The number of aryl methyl sites for hydroxylation is 1. The monoisotopic (exact) mass is 383 g/mol. The fourth-order valence-corrected chi connectivity index (χ4v) is 3.62. The maximum absolute atomic E-state index is 11.7. The zero-order chi connectivity index (χ0) is 20.1. The first-order chi connectivity index (χ1) is 13.4. The van der Waals surface area contributed by atoms with Crippen molar-refractivity contribution >= 4 is 23.5 Å². The number of hydrogen-bond acceptors (Lipinski definition) is 5. The highest BCUT2D eigenvalue weighted by atomic mass is 16.4. The van der Waals surface area contributed by atoms with Gasteiger partial charge < -0.3 is 15.3 Å². The van der Waals surface area contributed by atoms with Crippen LogP contribution in [-0.2, 0) is 0 Å². The van der Waals surface area contributed by atoms with Gasteiger partial charge in [0.15, 0.2) is 0 Å². The molecule has 1 aromatic heterocycles. The highest BCUT2D eigenvalue weighted by Crippen LogP contribution is 2.28. The number of amides is 1. The number of nitrogens with zero attached hydrogens (tertiary/aromatic N) is 4. The minimum absolute atomic E-state index is 0.325. The summed E-state index contributed by atoms with van der Waals surface area (Å²) in [6, 6.07) is 9.87. The summed E-state index contributed by atoms with van der Waals surface area (Å²) in [6.45, 7) is 2.54. The molecule has 1 amide bonds. The number of aromatic nitrogens is 2. The minimum atomic E-state index is -0.891.